The van der Waals surface area contributed by atoms with Gasteiger partial charge in [0.15, 0.2) is 0 Å². The average molecular weight is 506 g/mol. The quantitative estimate of drug-likeness (QED) is 0.648. The molecular weight excluding hydrogens is 475 g/mol. The van der Waals surface area contributed by atoms with Crippen molar-refractivity contribution in [3.63, 3.8) is 0 Å². The minimum absolute atomic E-state index is 0.164. The molecule has 1 atom stereocenters. The van der Waals surface area contributed by atoms with E-state index in [-0.39, 0.29) is 18.3 Å². The summed E-state index contributed by atoms with van der Waals surface area (Å²) in [5.74, 6) is -0.568. The Hall–Kier alpha value is -3.05. The molecule has 1 saturated heterocycles. The summed E-state index contributed by atoms with van der Waals surface area (Å²) < 4.78 is 49.8. The van der Waals surface area contributed by atoms with Crippen molar-refractivity contribution in [3.05, 3.63) is 42.3 Å². The standard InChI is InChI=1S/C25H30F3N5O3/c26-25(27,28)23-3-1-2-20(24(29)35)33(23)22-12-17-14-32(18-6-4-16(15-34)5-7-18)30-19(17)13-21(22)31-8-10-36-11-9-31/h1-3,12-14,16,18,20,34H,4-11,15H2,(H2,29,35). The first kappa shape index (κ1) is 24.6. The number of amides is 1. The molecule has 5 rings (SSSR count). The number of hydrogen-bond acceptors (Lipinski definition) is 6. The Morgan fingerprint density at radius 3 is 2.50 bits per heavy atom. The number of primary amides is 1. The molecule has 8 nitrogen and oxygen atoms in total. The highest BCUT2D eigenvalue weighted by molar-refractivity contribution is 5.95. The first-order valence-electron chi connectivity index (χ1n) is 12.3. The predicted molar refractivity (Wildman–Crippen MR) is 130 cm³/mol. The number of ether oxygens (including phenoxy) is 1. The summed E-state index contributed by atoms with van der Waals surface area (Å²) >= 11 is 0. The molecule has 36 heavy (non-hydrogen) atoms. The third kappa shape index (κ3) is 4.69. The summed E-state index contributed by atoms with van der Waals surface area (Å²) in [6, 6.07) is 2.36. The number of nitrogens with two attached hydrogens (primary N) is 1. The number of aliphatic hydroxyl groups is 1. The summed E-state index contributed by atoms with van der Waals surface area (Å²) in [6.45, 7) is 2.07. The van der Waals surface area contributed by atoms with E-state index in [2.05, 4.69) is 0 Å². The van der Waals surface area contributed by atoms with Crippen molar-refractivity contribution in [2.75, 3.05) is 42.7 Å². The molecule has 3 aliphatic rings. The Morgan fingerprint density at radius 1 is 1.14 bits per heavy atom. The zero-order valence-corrected chi connectivity index (χ0v) is 19.8. The second kappa shape index (κ2) is 9.78. The monoisotopic (exact) mass is 505 g/mol. The highest BCUT2D eigenvalue weighted by Crippen LogP contribution is 2.43. The zero-order valence-electron chi connectivity index (χ0n) is 19.8. The van der Waals surface area contributed by atoms with E-state index in [9.17, 15) is 23.1 Å². The van der Waals surface area contributed by atoms with Crippen molar-refractivity contribution < 1.29 is 27.8 Å². The average Bonchev–Trinajstić information content (AvgIpc) is 3.30. The number of aliphatic hydroxyl groups excluding tert-OH is 1. The van der Waals surface area contributed by atoms with Crippen LogP contribution in [0.5, 0.6) is 0 Å². The van der Waals surface area contributed by atoms with Gasteiger partial charge in [0.05, 0.1) is 36.1 Å². The number of anilines is 2. The van der Waals surface area contributed by atoms with Gasteiger partial charge in [0.1, 0.15) is 11.7 Å². The van der Waals surface area contributed by atoms with Gasteiger partial charge in [-0.25, -0.2) is 0 Å². The second-order valence-electron chi connectivity index (χ2n) is 9.62. The summed E-state index contributed by atoms with van der Waals surface area (Å²) in [6.07, 6.45) is 4.32. The first-order valence-corrected chi connectivity index (χ1v) is 12.3. The van der Waals surface area contributed by atoms with Crippen LogP contribution in [0.4, 0.5) is 24.5 Å². The van der Waals surface area contributed by atoms with Crippen molar-refractivity contribution in [2.24, 2.45) is 11.7 Å². The molecule has 1 aromatic heterocycles. The van der Waals surface area contributed by atoms with E-state index in [0.29, 0.717) is 48.8 Å². The Balaban J connectivity index is 1.62. The maximum Gasteiger partial charge on any atom is 0.431 e. The Bertz CT molecular complexity index is 1180. The van der Waals surface area contributed by atoms with Gasteiger partial charge in [-0.3, -0.25) is 9.48 Å². The fourth-order valence-corrected chi connectivity index (χ4v) is 5.40. The molecule has 1 aromatic carbocycles. The van der Waals surface area contributed by atoms with E-state index in [1.54, 1.807) is 12.1 Å². The fourth-order valence-electron chi connectivity index (χ4n) is 5.40. The van der Waals surface area contributed by atoms with E-state index >= 15 is 0 Å². The van der Waals surface area contributed by atoms with Gasteiger partial charge in [0, 0.05) is 31.3 Å². The van der Waals surface area contributed by atoms with Crippen LogP contribution in [0.1, 0.15) is 31.7 Å². The van der Waals surface area contributed by atoms with Crippen molar-refractivity contribution in [1.29, 1.82) is 0 Å². The van der Waals surface area contributed by atoms with Crippen molar-refractivity contribution >= 4 is 28.2 Å². The molecule has 1 amide bonds. The van der Waals surface area contributed by atoms with Crippen LogP contribution in [-0.2, 0) is 9.53 Å². The topological polar surface area (TPSA) is 96.9 Å². The van der Waals surface area contributed by atoms with E-state index in [1.165, 1.54) is 12.2 Å². The Kier molecular flexibility index (Phi) is 6.69. The second-order valence-corrected chi connectivity index (χ2v) is 9.62. The molecule has 0 bridgehead atoms. The van der Waals surface area contributed by atoms with Crippen LogP contribution in [0.25, 0.3) is 10.9 Å². The molecule has 3 heterocycles. The summed E-state index contributed by atoms with van der Waals surface area (Å²) in [7, 11) is 0. The number of allylic oxidation sites excluding steroid dienone is 3. The molecule has 0 radical (unpaired) electrons. The van der Waals surface area contributed by atoms with E-state index in [0.717, 1.165) is 36.7 Å². The SMILES string of the molecule is NC(=O)C1C=CC=C(C(F)(F)F)N1c1cc2cn(C3CCC(CO)CC3)nc2cc1N1CCOCC1. The number of hydrogen-bond donors (Lipinski definition) is 2. The summed E-state index contributed by atoms with van der Waals surface area (Å²) in [5.41, 5.74) is 6.10. The molecule has 194 valence electrons. The van der Waals surface area contributed by atoms with Crippen LogP contribution in [0.15, 0.2) is 42.3 Å². The lowest BCUT2D eigenvalue weighted by Gasteiger charge is -2.39. The van der Waals surface area contributed by atoms with Crippen molar-refractivity contribution in [3.8, 4) is 0 Å². The molecule has 3 N–H and O–H groups in total. The molecule has 2 fully saturated rings. The lowest BCUT2D eigenvalue weighted by molar-refractivity contribution is -0.119. The van der Waals surface area contributed by atoms with E-state index < -0.39 is 23.8 Å². The highest BCUT2D eigenvalue weighted by atomic mass is 19.4. The van der Waals surface area contributed by atoms with Crippen LogP contribution in [-0.4, -0.2) is 65.9 Å². The minimum atomic E-state index is -4.69. The maximum atomic E-state index is 14.1. The lowest BCUT2D eigenvalue weighted by atomic mass is 9.87. The predicted octanol–water partition coefficient (Wildman–Crippen LogP) is 3.27. The molecule has 2 aromatic rings. The Labute approximate surface area is 206 Å². The number of rotatable bonds is 5. The van der Waals surface area contributed by atoms with E-state index in [1.807, 2.05) is 15.8 Å². The number of carbonyl (C=O) groups excluding carboxylic acids is 1. The van der Waals surface area contributed by atoms with Crippen LogP contribution < -0.4 is 15.5 Å². The van der Waals surface area contributed by atoms with Crippen molar-refractivity contribution in [1.82, 2.24) is 9.78 Å². The summed E-state index contributed by atoms with van der Waals surface area (Å²) in [5, 5.41) is 14.9. The molecular formula is C25H30F3N5O3. The number of halogens is 3. The smallest absolute Gasteiger partial charge is 0.396 e. The molecule has 0 spiro atoms. The Morgan fingerprint density at radius 2 is 1.86 bits per heavy atom. The highest BCUT2D eigenvalue weighted by Gasteiger charge is 2.43. The number of alkyl halides is 3. The molecule has 11 heteroatoms. The van der Waals surface area contributed by atoms with Crippen molar-refractivity contribution in [2.45, 2.75) is 43.9 Å². The number of carbonyl (C=O) groups is 1. The van der Waals surface area contributed by atoms with Crippen LogP contribution in [0.3, 0.4) is 0 Å². The van der Waals surface area contributed by atoms with Gasteiger partial charge in [-0.1, -0.05) is 12.2 Å². The molecule has 1 unspecified atom stereocenters. The molecule has 2 aliphatic heterocycles. The van der Waals surface area contributed by atoms with Gasteiger partial charge in [0.25, 0.3) is 0 Å². The normalized spacial score (nSPS) is 25.3. The van der Waals surface area contributed by atoms with Crippen LogP contribution in [0.2, 0.25) is 0 Å². The number of morpholine rings is 1. The molecule has 1 aliphatic carbocycles. The third-order valence-corrected chi connectivity index (χ3v) is 7.35. The van der Waals surface area contributed by atoms with Gasteiger partial charge in [-0.15, -0.1) is 0 Å². The van der Waals surface area contributed by atoms with Gasteiger partial charge in [-0.05, 0) is 49.8 Å². The lowest BCUT2D eigenvalue weighted by Crippen LogP contribution is -2.48. The van der Waals surface area contributed by atoms with Crippen LogP contribution in [0, 0.1) is 5.92 Å². The first-order chi connectivity index (χ1) is 17.3. The van der Waals surface area contributed by atoms with Gasteiger partial charge >= 0.3 is 6.18 Å². The third-order valence-electron chi connectivity index (χ3n) is 7.35. The minimum Gasteiger partial charge on any atom is -0.396 e. The summed E-state index contributed by atoms with van der Waals surface area (Å²) in [4.78, 5) is 15.3. The largest absolute Gasteiger partial charge is 0.431 e. The maximum absolute atomic E-state index is 14.1. The van der Waals surface area contributed by atoms with Crippen LogP contribution >= 0.6 is 0 Å². The van der Waals surface area contributed by atoms with Gasteiger partial charge in [-0.2, -0.15) is 18.3 Å². The zero-order chi connectivity index (χ0) is 25.4. The number of nitrogens with zero attached hydrogens (tertiary/aromatic N) is 4. The fraction of sp³-hybridized carbons (Fsp3) is 0.520. The van der Waals surface area contributed by atoms with Gasteiger partial charge < -0.3 is 25.4 Å². The number of benzene rings is 1. The van der Waals surface area contributed by atoms with Gasteiger partial charge in [0.2, 0.25) is 5.91 Å². The molecule has 1 saturated carbocycles. The number of aromatic nitrogens is 2. The van der Waals surface area contributed by atoms with E-state index in [4.69, 9.17) is 15.6 Å². The number of fused-ring (bicyclic) bond motifs is 1.